The van der Waals surface area contributed by atoms with Gasteiger partial charge in [-0.15, -0.1) is 0 Å². The maximum absolute atomic E-state index is 13.2. The number of esters is 1. The fraction of sp³-hybridized carbons (Fsp3) is 0.548. The van der Waals surface area contributed by atoms with Crippen LogP contribution in [0.4, 0.5) is 0 Å². The Morgan fingerprint density at radius 1 is 0.944 bits per heavy atom. The van der Waals surface area contributed by atoms with E-state index >= 15 is 0 Å². The lowest BCUT2D eigenvalue weighted by Crippen LogP contribution is -2.48. The number of hydrogen-bond acceptors (Lipinski definition) is 5. The van der Waals surface area contributed by atoms with Gasteiger partial charge in [0, 0.05) is 6.42 Å². The van der Waals surface area contributed by atoms with Gasteiger partial charge in [-0.3, -0.25) is 14.5 Å². The summed E-state index contributed by atoms with van der Waals surface area (Å²) in [6.07, 6.45) is 8.32. The molecule has 2 aromatic rings. The highest BCUT2D eigenvalue weighted by molar-refractivity contribution is 5.85. The third-order valence-electron chi connectivity index (χ3n) is 7.76. The maximum Gasteiger partial charge on any atom is 0.323 e. The van der Waals surface area contributed by atoms with Gasteiger partial charge in [-0.25, -0.2) is 0 Å². The molecule has 196 valence electrons. The first-order chi connectivity index (χ1) is 17.4. The molecule has 3 rings (SSSR count). The smallest absolute Gasteiger partial charge is 0.323 e. The lowest BCUT2D eigenvalue weighted by Gasteiger charge is -2.32. The SMILES string of the molecule is COC(=O)[C@H](Cc1ccc(OCc2ccccc2)cc1)N(C)C(C)C(=O)CC1CCCC[C@H](C)CC1. The van der Waals surface area contributed by atoms with Crippen molar-refractivity contribution < 1.29 is 19.1 Å². The summed E-state index contributed by atoms with van der Waals surface area (Å²) in [4.78, 5) is 27.8. The number of benzene rings is 2. The predicted octanol–water partition coefficient (Wildman–Crippen LogP) is 6.24. The molecule has 36 heavy (non-hydrogen) atoms. The topological polar surface area (TPSA) is 55.8 Å². The maximum atomic E-state index is 13.2. The van der Waals surface area contributed by atoms with Crippen molar-refractivity contribution in [3.8, 4) is 5.75 Å². The Hall–Kier alpha value is -2.66. The summed E-state index contributed by atoms with van der Waals surface area (Å²) in [5.41, 5.74) is 2.11. The van der Waals surface area contributed by atoms with E-state index in [1.807, 2.05) is 73.5 Å². The molecule has 2 aromatic carbocycles. The summed E-state index contributed by atoms with van der Waals surface area (Å²) >= 11 is 0. The van der Waals surface area contributed by atoms with Crippen molar-refractivity contribution in [3.05, 3.63) is 65.7 Å². The zero-order valence-corrected chi connectivity index (χ0v) is 22.4. The summed E-state index contributed by atoms with van der Waals surface area (Å²) in [6.45, 7) is 4.75. The molecule has 0 bridgehead atoms. The molecule has 5 nitrogen and oxygen atoms in total. The van der Waals surface area contributed by atoms with Crippen molar-refractivity contribution in [2.24, 2.45) is 11.8 Å². The van der Waals surface area contributed by atoms with Gasteiger partial charge in [0.1, 0.15) is 24.2 Å². The zero-order chi connectivity index (χ0) is 25.9. The number of methoxy groups -OCH3 is 1. The minimum absolute atomic E-state index is 0.217. The fourth-order valence-corrected chi connectivity index (χ4v) is 5.11. The van der Waals surface area contributed by atoms with E-state index in [1.54, 1.807) is 0 Å². The molecule has 0 amide bonds. The predicted molar refractivity (Wildman–Crippen MR) is 144 cm³/mol. The Labute approximate surface area is 217 Å². The number of nitrogens with zero attached hydrogens (tertiary/aromatic N) is 1. The second kappa shape index (κ2) is 14.2. The molecular formula is C31H43NO4. The summed E-state index contributed by atoms with van der Waals surface area (Å²) in [5, 5.41) is 0. The molecule has 1 fully saturated rings. The number of ketones is 1. The van der Waals surface area contributed by atoms with E-state index in [9.17, 15) is 9.59 Å². The zero-order valence-electron chi connectivity index (χ0n) is 22.4. The van der Waals surface area contributed by atoms with Crippen LogP contribution >= 0.6 is 0 Å². The number of rotatable bonds is 11. The van der Waals surface area contributed by atoms with Gasteiger partial charge in [0.2, 0.25) is 0 Å². The average molecular weight is 494 g/mol. The van der Waals surface area contributed by atoms with Gasteiger partial charge in [-0.1, -0.05) is 81.5 Å². The first-order valence-electron chi connectivity index (χ1n) is 13.5. The number of Topliss-reactive ketones (excluding diaryl/α,β-unsaturated/α-hetero) is 1. The van der Waals surface area contributed by atoms with Gasteiger partial charge in [0.15, 0.2) is 0 Å². The standard InChI is InChI=1S/C31H43NO4/c1-23-10-8-9-11-25(15-14-23)21-30(33)24(2)32(3)29(31(34)35-4)20-26-16-18-28(19-17-26)36-22-27-12-6-5-7-13-27/h5-7,12-13,16-19,23-25,29H,8-11,14-15,20-22H2,1-4H3/t23-,24?,25?,29-/m0/s1. The molecular weight excluding hydrogens is 450 g/mol. The van der Waals surface area contributed by atoms with Crippen LogP contribution in [0.3, 0.4) is 0 Å². The molecule has 0 spiro atoms. The lowest BCUT2D eigenvalue weighted by molar-refractivity contribution is -0.148. The number of hydrogen-bond donors (Lipinski definition) is 0. The Morgan fingerprint density at radius 3 is 2.33 bits per heavy atom. The van der Waals surface area contributed by atoms with Crippen molar-refractivity contribution in [3.63, 3.8) is 0 Å². The third-order valence-corrected chi connectivity index (χ3v) is 7.76. The number of carbonyl (C=O) groups is 2. The molecule has 1 aliphatic carbocycles. The van der Waals surface area contributed by atoms with Crippen molar-refractivity contribution in [1.29, 1.82) is 0 Å². The van der Waals surface area contributed by atoms with E-state index in [0.29, 0.717) is 25.4 Å². The minimum Gasteiger partial charge on any atom is -0.489 e. The van der Waals surface area contributed by atoms with Crippen LogP contribution in [-0.2, 0) is 27.4 Å². The van der Waals surface area contributed by atoms with Gasteiger partial charge in [-0.2, -0.15) is 0 Å². The number of likely N-dealkylation sites (N-methyl/N-ethyl adjacent to an activating group) is 1. The molecule has 0 radical (unpaired) electrons. The van der Waals surface area contributed by atoms with Crippen molar-refractivity contribution in [2.45, 2.75) is 83.9 Å². The van der Waals surface area contributed by atoms with Crippen molar-refractivity contribution >= 4 is 11.8 Å². The third kappa shape index (κ3) is 8.48. The van der Waals surface area contributed by atoms with Crippen LogP contribution in [0.1, 0.15) is 69.9 Å². The van der Waals surface area contributed by atoms with E-state index in [2.05, 4.69) is 6.92 Å². The fourth-order valence-electron chi connectivity index (χ4n) is 5.11. The van der Waals surface area contributed by atoms with Crippen molar-refractivity contribution in [2.75, 3.05) is 14.2 Å². The highest BCUT2D eigenvalue weighted by Gasteiger charge is 2.32. The number of ether oxygens (including phenoxy) is 2. The van der Waals surface area contributed by atoms with Crippen LogP contribution in [0.2, 0.25) is 0 Å². The molecule has 0 N–H and O–H groups in total. The molecule has 4 atom stereocenters. The Kier molecular flexibility index (Phi) is 11.0. The second-order valence-electron chi connectivity index (χ2n) is 10.5. The average Bonchev–Trinajstić information content (AvgIpc) is 2.90. The number of carbonyl (C=O) groups excluding carboxylic acids is 2. The summed E-state index contributed by atoms with van der Waals surface area (Å²) < 4.78 is 11.0. The molecule has 0 aliphatic heterocycles. The monoisotopic (exact) mass is 493 g/mol. The van der Waals surface area contributed by atoms with E-state index in [0.717, 1.165) is 35.6 Å². The van der Waals surface area contributed by atoms with Crippen LogP contribution in [0, 0.1) is 11.8 Å². The lowest BCUT2D eigenvalue weighted by atomic mass is 9.83. The quantitative estimate of drug-likeness (QED) is 0.347. The van der Waals surface area contributed by atoms with Gasteiger partial charge < -0.3 is 9.47 Å². The van der Waals surface area contributed by atoms with E-state index < -0.39 is 6.04 Å². The van der Waals surface area contributed by atoms with Crippen LogP contribution in [-0.4, -0.2) is 42.9 Å². The van der Waals surface area contributed by atoms with E-state index in [4.69, 9.17) is 9.47 Å². The largest absolute Gasteiger partial charge is 0.489 e. The van der Waals surface area contributed by atoms with Crippen molar-refractivity contribution in [1.82, 2.24) is 4.90 Å². The first kappa shape index (κ1) is 27.9. The first-order valence-corrected chi connectivity index (χ1v) is 13.5. The van der Waals surface area contributed by atoms with Crippen LogP contribution < -0.4 is 4.74 Å². The van der Waals surface area contributed by atoms with E-state index in [-0.39, 0.29) is 17.8 Å². The van der Waals surface area contributed by atoms with E-state index in [1.165, 1.54) is 32.8 Å². The van der Waals surface area contributed by atoms with Gasteiger partial charge in [0.25, 0.3) is 0 Å². The molecule has 1 aliphatic rings. The second-order valence-corrected chi connectivity index (χ2v) is 10.5. The molecule has 5 heteroatoms. The Morgan fingerprint density at radius 2 is 1.64 bits per heavy atom. The summed E-state index contributed by atoms with van der Waals surface area (Å²) in [5.74, 6) is 1.89. The minimum atomic E-state index is -0.526. The molecule has 0 heterocycles. The Bertz CT molecular complexity index is 943. The van der Waals surface area contributed by atoms with Gasteiger partial charge in [-0.05, 0) is 61.9 Å². The summed E-state index contributed by atoms with van der Waals surface area (Å²) in [6, 6.07) is 17.0. The normalized spacial score (nSPS) is 20.1. The molecule has 0 saturated heterocycles. The molecule has 0 aromatic heterocycles. The van der Waals surface area contributed by atoms with Crippen LogP contribution in [0.15, 0.2) is 54.6 Å². The molecule has 1 saturated carbocycles. The molecule has 2 unspecified atom stereocenters. The highest BCUT2D eigenvalue weighted by Crippen LogP contribution is 2.29. The Balaban J connectivity index is 1.59. The summed E-state index contributed by atoms with van der Waals surface area (Å²) in [7, 11) is 3.27. The van der Waals surface area contributed by atoms with Crippen LogP contribution in [0.5, 0.6) is 5.75 Å². The highest BCUT2D eigenvalue weighted by atomic mass is 16.5. The van der Waals surface area contributed by atoms with Crippen LogP contribution in [0.25, 0.3) is 0 Å². The van der Waals surface area contributed by atoms with Gasteiger partial charge >= 0.3 is 5.97 Å². The van der Waals surface area contributed by atoms with Gasteiger partial charge in [0.05, 0.1) is 13.2 Å².